The summed E-state index contributed by atoms with van der Waals surface area (Å²) in [5, 5.41) is 6.64. The Bertz CT molecular complexity index is 884. The van der Waals surface area contributed by atoms with Crippen molar-refractivity contribution in [2.45, 2.75) is 13.5 Å². The summed E-state index contributed by atoms with van der Waals surface area (Å²) in [6, 6.07) is 14.6. The van der Waals surface area contributed by atoms with E-state index in [1.807, 2.05) is 43.3 Å². The first kappa shape index (κ1) is 16.9. The average molecular weight is 353 g/mol. The van der Waals surface area contributed by atoms with Crippen LogP contribution in [0, 0.1) is 6.92 Å². The Balaban J connectivity index is 1.67. The van der Waals surface area contributed by atoms with Crippen LogP contribution in [0.1, 0.15) is 21.7 Å². The van der Waals surface area contributed by atoms with Gasteiger partial charge in [-0.1, -0.05) is 23.7 Å². The van der Waals surface area contributed by atoms with Gasteiger partial charge in [0, 0.05) is 28.8 Å². The Hall–Kier alpha value is -2.92. The first-order valence-corrected chi connectivity index (χ1v) is 8.17. The zero-order valence-electron chi connectivity index (χ0n) is 13.7. The molecule has 126 valence electrons. The summed E-state index contributed by atoms with van der Waals surface area (Å²) in [5.41, 5.74) is 3.63. The van der Waals surface area contributed by atoms with Crippen LogP contribution in [0.25, 0.3) is 0 Å². The fraction of sp³-hybridized carbons (Fsp3) is 0.105. The number of rotatable bonds is 5. The molecule has 3 rings (SSSR count). The molecule has 0 atom stereocenters. The van der Waals surface area contributed by atoms with Crippen molar-refractivity contribution < 1.29 is 4.79 Å². The molecular weight excluding hydrogens is 336 g/mol. The van der Waals surface area contributed by atoms with E-state index in [0.29, 0.717) is 22.9 Å². The first-order chi connectivity index (χ1) is 12.1. The summed E-state index contributed by atoms with van der Waals surface area (Å²) in [5.74, 6) is -0.290. The van der Waals surface area contributed by atoms with Crippen molar-refractivity contribution in [3.63, 3.8) is 0 Å². The lowest BCUT2D eigenvalue weighted by Gasteiger charge is -2.09. The zero-order valence-corrected chi connectivity index (χ0v) is 14.4. The van der Waals surface area contributed by atoms with Gasteiger partial charge in [-0.05, 0) is 48.9 Å². The van der Waals surface area contributed by atoms with Crippen molar-refractivity contribution in [3.8, 4) is 0 Å². The molecule has 3 aromatic rings. The van der Waals surface area contributed by atoms with Gasteiger partial charge in [-0.3, -0.25) is 14.8 Å². The fourth-order valence-corrected chi connectivity index (χ4v) is 2.41. The number of nitrogens with zero attached hydrogens (tertiary/aromatic N) is 2. The first-order valence-electron chi connectivity index (χ1n) is 7.79. The Labute approximate surface area is 151 Å². The highest BCUT2D eigenvalue weighted by Gasteiger charge is 2.09. The number of aryl methyl sites for hydroxylation is 1. The number of halogens is 1. The van der Waals surface area contributed by atoms with Gasteiger partial charge in [0.1, 0.15) is 5.69 Å². The second-order valence-corrected chi connectivity index (χ2v) is 5.93. The maximum Gasteiger partial charge on any atom is 0.274 e. The largest absolute Gasteiger partial charge is 0.379 e. The van der Waals surface area contributed by atoms with E-state index in [4.69, 9.17) is 11.6 Å². The number of amides is 1. The summed E-state index contributed by atoms with van der Waals surface area (Å²) in [4.78, 5) is 20.8. The standard InChI is InChI=1S/C19H17ClN4O/c1-13-5-6-15(10-17(13)20)24-19(25)18-11-14(7-9-22-18)23-12-16-4-2-3-8-21-16/h2-11H,12H2,1H3,(H,22,23)(H,24,25). The van der Waals surface area contributed by atoms with E-state index >= 15 is 0 Å². The molecule has 0 saturated heterocycles. The van der Waals surface area contributed by atoms with Gasteiger partial charge in [-0.15, -0.1) is 0 Å². The topological polar surface area (TPSA) is 66.9 Å². The second kappa shape index (κ2) is 7.77. The molecular formula is C19H17ClN4O. The van der Waals surface area contributed by atoms with E-state index in [1.54, 1.807) is 24.5 Å². The molecule has 0 aliphatic heterocycles. The van der Waals surface area contributed by atoms with Gasteiger partial charge < -0.3 is 10.6 Å². The maximum atomic E-state index is 12.4. The lowest BCUT2D eigenvalue weighted by molar-refractivity contribution is 0.102. The summed E-state index contributed by atoms with van der Waals surface area (Å²) in [7, 11) is 0. The van der Waals surface area contributed by atoms with Crippen LogP contribution in [0.5, 0.6) is 0 Å². The van der Waals surface area contributed by atoms with Crippen molar-refractivity contribution >= 4 is 28.9 Å². The number of hydrogen-bond acceptors (Lipinski definition) is 4. The van der Waals surface area contributed by atoms with Crippen molar-refractivity contribution in [1.29, 1.82) is 0 Å². The van der Waals surface area contributed by atoms with Crippen molar-refractivity contribution in [1.82, 2.24) is 9.97 Å². The number of benzene rings is 1. The van der Waals surface area contributed by atoms with E-state index in [-0.39, 0.29) is 5.91 Å². The third kappa shape index (κ3) is 4.55. The van der Waals surface area contributed by atoms with Crippen LogP contribution < -0.4 is 10.6 Å². The molecule has 1 amide bonds. The summed E-state index contributed by atoms with van der Waals surface area (Å²) in [6.45, 7) is 2.48. The molecule has 0 unspecified atom stereocenters. The van der Waals surface area contributed by atoms with Gasteiger partial charge in [-0.25, -0.2) is 0 Å². The van der Waals surface area contributed by atoms with Crippen molar-refractivity contribution in [3.05, 3.63) is 82.9 Å². The summed E-state index contributed by atoms with van der Waals surface area (Å²) in [6.07, 6.45) is 3.34. The molecule has 2 aromatic heterocycles. The molecule has 5 nitrogen and oxygen atoms in total. The molecule has 6 heteroatoms. The number of carbonyl (C=O) groups is 1. The molecule has 0 saturated carbocycles. The zero-order chi connectivity index (χ0) is 17.6. The normalized spacial score (nSPS) is 10.3. The highest BCUT2D eigenvalue weighted by atomic mass is 35.5. The predicted octanol–water partition coefficient (Wildman–Crippen LogP) is 4.30. The Morgan fingerprint density at radius 3 is 2.68 bits per heavy atom. The molecule has 0 aliphatic carbocycles. The molecule has 0 bridgehead atoms. The Morgan fingerprint density at radius 1 is 1.04 bits per heavy atom. The molecule has 0 spiro atoms. The van der Waals surface area contributed by atoms with Crippen LogP contribution in [0.2, 0.25) is 5.02 Å². The minimum Gasteiger partial charge on any atom is -0.379 e. The molecule has 25 heavy (non-hydrogen) atoms. The second-order valence-electron chi connectivity index (χ2n) is 5.52. The quantitative estimate of drug-likeness (QED) is 0.718. The van der Waals surface area contributed by atoms with Gasteiger partial charge in [0.25, 0.3) is 5.91 Å². The predicted molar refractivity (Wildman–Crippen MR) is 99.9 cm³/mol. The van der Waals surface area contributed by atoms with Crippen LogP contribution in [-0.4, -0.2) is 15.9 Å². The van der Waals surface area contributed by atoms with E-state index in [1.165, 1.54) is 0 Å². The number of nitrogens with one attached hydrogen (secondary N) is 2. The maximum absolute atomic E-state index is 12.4. The number of pyridine rings is 2. The molecule has 2 N–H and O–H groups in total. The van der Waals surface area contributed by atoms with Gasteiger partial charge in [0.2, 0.25) is 0 Å². The smallest absolute Gasteiger partial charge is 0.274 e. The third-order valence-corrected chi connectivity index (χ3v) is 4.03. The lowest BCUT2D eigenvalue weighted by atomic mass is 10.2. The molecule has 2 heterocycles. The van der Waals surface area contributed by atoms with E-state index < -0.39 is 0 Å². The van der Waals surface area contributed by atoms with Crippen LogP contribution in [0.3, 0.4) is 0 Å². The molecule has 0 aliphatic rings. The fourth-order valence-electron chi connectivity index (χ4n) is 2.23. The van der Waals surface area contributed by atoms with Crippen LogP contribution >= 0.6 is 11.6 Å². The van der Waals surface area contributed by atoms with Gasteiger partial charge in [-0.2, -0.15) is 0 Å². The Morgan fingerprint density at radius 2 is 1.92 bits per heavy atom. The van der Waals surface area contributed by atoms with E-state index in [0.717, 1.165) is 16.9 Å². The van der Waals surface area contributed by atoms with Crippen molar-refractivity contribution in [2.24, 2.45) is 0 Å². The minimum atomic E-state index is -0.290. The van der Waals surface area contributed by atoms with Gasteiger partial charge >= 0.3 is 0 Å². The monoisotopic (exact) mass is 352 g/mol. The highest BCUT2D eigenvalue weighted by Crippen LogP contribution is 2.20. The lowest BCUT2D eigenvalue weighted by Crippen LogP contribution is -2.14. The van der Waals surface area contributed by atoms with E-state index in [2.05, 4.69) is 20.6 Å². The highest BCUT2D eigenvalue weighted by molar-refractivity contribution is 6.31. The van der Waals surface area contributed by atoms with Crippen LogP contribution in [0.4, 0.5) is 11.4 Å². The number of hydrogen-bond donors (Lipinski definition) is 2. The Kier molecular flexibility index (Phi) is 5.26. The van der Waals surface area contributed by atoms with Crippen LogP contribution in [-0.2, 0) is 6.54 Å². The van der Waals surface area contributed by atoms with Crippen LogP contribution in [0.15, 0.2) is 60.9 Å². The SMILES string of the molecule is Cc1ccc(NC(=O)c2cc(NCc3ccccn3)ccn2)cc1Cl. The number of anilines is 2. The summed E-state index contributed by atoms with van der Waals surface area (Å²) < 4.78 is 0. The molecule has 1 aromatic carbocycles. The van der Waals surface area contributed by atoms with Gasteiger partial charge in [0.05, 0.1) is 12.2 Å². The molecule has 0 fully saturated rings. The van der Waals surface area contributed by atoms with E-state index in [9.17, 15) is 4.79 Å². The summed E-state index contributed by atoms with van der Waals surface area (Å²) >= 11 is 6.09. The van der Waals surface area contributed by atoms with Crippen molar-refractivity contribution in [2.75, 3.05) is 10.6 Å². The third-order valence-electron chi connectivity index (χ3n) is 3.62. The minimum absolute atomic E-state index is 0.290. The number of carbonyl (C=O) groups excluding carboxylic acids is 1. The average Bonchev–Trinajstić information content (AvgIpc) is 2.64. The number of aromatic nitrogens is 2. The van der Waals surface area contributed by atoms with Gasteiger partial charge in [0.15, 0.2) is 0 Å². The molecule has 0 radical (unpaired) electrons.